The van der Waals surface area contributed by atoms with E-state index in [2.05, 4.69) is 20.3 Å². The van der Waals surface area contributed by atoms with Crippen LogP contribution in [0.3, 0.4) is 0 Å². The molecule has 0 bridgehead atoms. The number of rotatable bonds is 6. The van der Waals surface area contributed by atoms with Crippen LogP contribution in [-0.4, -0.2) is 34.4 Å². The molecule has 3 aromatic rings. The number of aromatic amines is 1. The molecule has 7 heteroatoms. The lowest BCUT2D eigenvalue weighted by molar-refractivity contribution is 0.463. The first-order chi connectivity index (χ1) is 14.1. The third-order valence-electron chi connectivity index (χ3n) is 4.37. The monoisotopic (exact) mass is 390 g/mol. The number of hydrogen-bond acceptors (Lipinski definition) is 3. The predicted molar refractivity (Wildman–Crippen MR) is 111 cm³/mol. The Balaban J connectivity index is 1.73. The number of aromatic nitrogens is 2. The molecular weight excluding hydrogens is 367 g/mol. The number of nitrogens with one attached hydrogen (secondary N) is 2. The van der Waals surface area contributed by atoms with Crippen LogP contribution in [0.25, 0.3) is 11.3 Å². The van der Waals surface area contributed by atoms with E-state index in [9.17, 15) is 4.39 Å². The molecular formula is C22H23FN6. The van der Waals surface area contributed by atoms with Gasteiger partial charge in [-0.05, 0) is 30.7 Å². The van der Waals surface area contributed by atoms with Gasteiger partial charge in [0.05, 0.1) is 36.6 Å². The van der Waals surface area contributed by atoms with Gasteiger partial charge in [-0.15, -0.1) is 0 Å². The summed E-state index contributed by atoms with van der Waals surface area (Å²) in [6, 6.07) is 16.3. The van der Waals surface area contributed by atoms with Crippen molar-refractivity contribution in [1.82, 2.24) is 20.2 Å². The van der Waals surface area contributed by atoms with Gasteiger partial charge in [-0.3, -0.25) is 0 Å². The highest BCUT2D eigenvalue weighted by atomic mass is 19.1. The Kier molecular flexibility index (Phi) is 6.59. The van der Waals surface area contributed by atoms with E-state index < -0.39 is 0 Å². The van der Waals surface area contributed by atoms with Crippen molar-refractivity contribution in [3.63, 3.8) is 0 Å². The first-order valence-electron chi connectivity index (χ1n) is 9.38. The average Bonchev–Trinajstić information content (AvgIpc) is 3.21. The van der Waals surface area contributed by atoms with Crippen LogP contribution in [0, 0.1) is 17.1 Å². The molecule has 1 heterocycles. The van der Waals surface area contributed by atoms with Crippen molar-refractivity contribution in [3.05, 3.63) is 77.5 Å². The Morgan fingerprint density at radius 2 is 2.07 bits per heavy atom. The number of aliphatic imine (C=N–C) groups is 1. The van der Waals surface area contributed by atoms with Gasteiger partial charge in [0.15, 0.2) is 5.96 Å². The molecule has 0 spiro atoms. The maximum absolute atomic E-state index is 14.0. The molecule has 29 heavy (non-hydrogen) atoms. The molecule has 3 rings (SSSR count). The fourth-order valence-electron chi connectivity index (χ4n) is 2.90. The van der Waals surface area contributed by atoms with Crippen molar-refractivity contribution < 1.29 is 4.39 Å². The van der Waals surface area contributed by atoms with Crippen LogP contribution in [0.1, 0.15) is 23.9 Å². The average molecular weight is 390 g/mol. The third-order valence-corrected chi connectivity index (χ3v) is 4.37. The number of imidazole rings is 1. The second-order valence-electron chi connectivity index (χ2n) is 6.55. The van der Waals surface area contributed by atoms with Gasteiger partial charge in [0, 0.05) is 19.2 Å². The van der Waals surface area contributed by atoms with Gasteiger partial charge in [0.2, 0.25) is 0 Å². The standard InChI is InChI=1S/C22H23FN6/c1-3-25-22(27-13-18-11-16(12-24)9-10-19(18)23)29(2)15-21-26-14-20(28-21)17-7-5-4-6-8-17/h4-11,14H,3,13,15H2,1-2H3,(H,25,27)(H,26,28). The molecule has 0 radical (unpaired) electrons. The Morgan fingerprint density at radius 3 is 2.79 bits per heavy atom. The molecule has 0 aliphatic rings. The van der Waals surface area contributed by atoms with E-state index in [1.165, 1.54) is 18.2 Å². The quantitative estimate of drug-likeness (QED) is 0.497. The maximum Gasteiger partial charge on any atom is 0.194 e. The number of benzene rings is 2. The van der Waals surface area contributed by atoms with Crippen molar-refractivity contribution >= 4 is 5.96 Å². The fourth-order valence-corrected chi connectivity index (χ4v) is 2.90. The summed E-state index contributed by atoms with van der Waals surface area (Å²) in [5.41, 5.74) is 2.82. The molecule has 1 aromatic heterocycles. The van der Waals surface area contributed by atoms with Crippen LogP contribution < -0.4 is 5.32 Å². The van der Waals surface area contributed by atoms with E-state index in [0.717, 1.165) is 17.1 Å². The molecule has 2 aromatic carbocycles. The smallest absolute Gasteiger partial charge is 0.194 e. The van der Waals surface area contributed by atoms with Gasteiger partial charge in [-0.2, -0.15) is 5.26 Å². The molecule has 0 atom stereocenters. The summed E-state index contributed by atoms with van der Waals surface area (Å²) >= 11 is 0. The zero-order valence-corrected chi connectivity index (χ0v) is 16.5. The maximum atomic E-state index is 14.0. The van der Waals surface area contributed by atoms with Gasteiger partial charge in [0.1, 0.15) is 11.6 Å². The summed E-state index contributed by atoms with van der Waals surface area (Å²) in [6.07, 6.45) is 1.81. The first-order valence-corrected chi connectivity index (χ1v) is 9.38. The largest absolute Gasteiger partial charge is 0.357 e. The third kappa shape index (κ3) is 5.20. The van der Waals surface area contributed by atoms with Gasteiger partial charge < -0.3 is 15.2 Å². The minimum atomic E-state index is -0.371. The number of nitrogens with zero attached hydrogens (tertiary/aromatic N) is 4. The zero-order valence-electron chi connectivity index (χ0n) is 16.5. The molecule has 0 fully saturated rings. The van der Waals surface area contributed by atoms with E-state index in [4.69, 9.17) is 5.26 Å². The molecule has 148 valence electrons. The minimum Gasteiger partial charge on any atom is -0.357 e. The van der Waals surface area contributed by atoms with E-state index in [-0.39, 0.29) is 12.4 Å². The predicted octanol–water partition coefficient (Wildman–Crippen LogP) is 3.68. The van der Waals surface area contributed by atoms with Gasteiger partial charge in [-0.1, -0.05) is 30.3 Å². The normalized spacial score (nSPS) is 11.2. The number of H-pyrrole nitrogens is 1. The van der Waals surface area contributed by atoms with Crippen LogP contribution in [0.2, 0.25) is 0 Å². The highest BCUT2D eigenvalue weighted by molar-refractivity contribution is 5.79. The second-order valence-corrected chi connectivity index (χ2v) is 6.55. The SMILES string of the molecule is CCNC(=NCc1cc(C#N)ccc1F)N(C)Cc1ncc(-c2ccccc2)[nH]1. The number of nitriles is 1. The lowest BCUT2D eigenvalue weighted by atomic mass is 10.1. The van der Waals surface area contributed by atoms with Crippen LogP contribution in [0.15, 0.2) is 59.7 Å². The summed E-state index contributed by atoms with van der Waals surface area (Å²) < 4.78 is 14.0. The van der Waals surface area contributed by atoms with Crippen LogP contribution in [-0.2, 0) is 13.1 Å². The lowest BCUT2D eigenvalue weighted by Gasteiger charge is -2.21. The van der Waals surface area contributed by atoms with Crippen LogP contribution in [0.5, 0.6) is 0 Å². The van der Waals surface area contributed by atoms with E-state index in [1.54, 1.807) is 0 Å². The Bertz CT molecular complexity index is 1020. The van der Waals surface area contributed by atoms with Crippen LogP contribution in [0.4, 0.5) is 4.39 Å². The summed E-state index contributed by atoms with van der Waals surface area (Å²) in [5.74, 6) is 1.06. The number of halogens is 1. The highest BCUT2D eigenvalue weighted by Gasteiger charge is 2.11. The topological polar surface area (TPSA) is 80.1 Å². The van der Waals surface area contributed by atoms with Crippen molar-refractivity contribution in [2.75, 3.05) is 13.6 Å². The molecule has 0 unspecified atom stereocenters. The summed E-state index contributed by atoms with van der Waals surface area (Å²) in [6.45, 7) is 3.30. The summed E-state index contributed by atoms with van der Waals surface area (Å²) in [7, 11) is 1.90. The first kappa shape index (κ1) is 20.1. The summed E-state index contributed by atoms with van der Waals surface area (Å²) in [4.78, 5) is 14.2. The van der Waals surface area contributed by atoms with Crippen molar-refractivity contribution in [2.45, 2.75) is 20.0 Å². The molecule has 2 N–H and O–H groups in total. The molecule has 0 saturated carbocycles. The van der Waals surface area contributed by atoms with Gasteiger partial charge in [-0.25, -0.2) is 14.4 Å². The number of hydrogen-bond donors (Lipinski definition) is 2. The van der Waals surface area contributed by atoms with Crippen LogP contribution >= 0.6 is 0 Å². The van der Waals surface area contributed by atoms with E-state index in [1.807, 2.05) is 61.5 Å². The van der Waals surface area contributed by atoms with Crippen molar-refractivity contribution in [1.29, 1.82) is 5.26 Å². The van der Waals surface area contributed by atoms with Gasteiger partial charge >= 0.3 is 0 Å². The minimum absolute atomic E-state index is 0.140. The molecule has 6 nitrogen and oxygen atoms in total. The summed E-state index contributed by atoms with van der Waals surface area (Å²) in [5, 5.41) is 12.2. The fraction of sp³-hybridized carbons (Fsp3) is 0.227. The van der Waals surface area contributed by atoms with Crippen molar-refractivity contribution in [2.24, 2.45) is 4.99 Å². The molecule has 0 amide bonds. The molecule has 0 aliphatic heterocycles. The Hall–Kier alpha value is -3.66. The Labute approximate surface area is 169 Å². The Morgan fingerprint density at radius 1 is 1.28 bits per heavy atom. The molecule has 0 aliphatic carbocycles. The second kappa shape index (κ2) is 9.51. The number of guanidine groups is 1. The highest BCUT2D eigenvalue weighted by Crippen LogP contribution is 2.17. The van der Waals surface area contributed by atoms with Gasteiger partial charge in [0.25, 0.3) is 0 Å². The lowest BCUT2D eigenvalue weighted by Crippen LogP contribution is -2.38. The van der Waals surface area contributed by atoms with E-state index in [0.29, 0.717) is 30.2 Å². The zero-order chi connectivity index (χ0) is 20.6. The van der Waals surface area contributed by atoms with E-state index >= 15 is 0 Å². The van der Waals surface area contributed by atoms with Crippen molar-refractivity contribution in [3.8, 4) is 17.3 Å². The molecule has 0 saturated heterocycles.